The second-order valence-electron chi connectivity index (χ2n) is 5.87. The number of carbonyl (C=O) groups is 2. The van der Waals surface area contributed by atoms with Crippen LogP contribution in [0.25, 0.3) is 0 Å². The number of thiophene rings is 1. The average molecular weight is 392 g/mol. The molecular weight excluding hydrogens is 374 g/mol. The molecule has 0 radical (unpaired) electrons. The van der Waals surface area contributed by atoms with Gasteiger partial charge in [-0.3, -0.25) is 9.59 Å². The van der Waals surface area contributed by atoms with Gasteiger partial charge in [-0.1, -0.05) is 29.8 Å². The summed E-state index contributed by atoms with van der Waals surface area (Å²) in [6.45, 7) is 0.830. The minimum absolute atomic E-state index is 0.0946. The van der Waals surface area contributed by atoms with Crippen LogP contribution in [0.3, 0.4) is 0 Å². The molecule has 0 unspecified atom stereocenters. The summed E-state index contributed by atoms with van der Waals surface area (Å²) in [6.07, 6.45) is 0.590. The number of benzene rings is 1. The number of carbonyl (C=O) groups excluding carboxylic acids is 2. The molecule has 1 atom stereocenters. The second kappa shape index (κ2) is 8.03. The van der Waals surface area contributed by atoms with Gasteiger partial charge in [0.05, 0.1) is 16.5 Å². The maximum absolute atomic E-state index is 13.0. The topological polar surface area (TPSA) is 66.8 Å². The van der Waals surface area contributed by atoms with Gasteiger partial charge in [0.25, 0.3) is 5.91 Å². The van der Waals surface area contributed by atoms with E-state index in [9.17, 15) is 14.7 Å². The van der Waals surface area contributed by atoms with Gasteiger partial charge in [0.15, 0.2) is 5.76 Å². The summed E-state index contributed by atoms with van der Waals surface area (Å²) >= 11 is 7.39. The molecule has 2 aromatic rings. The lowest BCUT2D eigenvalue weighted by molar-refractivity contribution is -0.129. The van der Waals surface area contributed by atoms with Gasteiger partial charge in [0.1, 0.15) is 0 Å². The number of nitrogens with zero attached hydrogens (tertiary/aromatic N) is 1. The van der Waals surface area contributed by atoms with E-state index in [2.05, 4.69) is 0 Å². The second-order valence-corrected chi connectivity index (χ2v) is 7.26. The van der Waals surface area contributed by atoms with Crippen molar-refractivity contribution in [2.24, 2.45) is 0 Å². The standard InChI is InChI=1S/C19H18ClNO4S/c1-25-9-4-8-21-16(12-5-2-6-13(20)11-12)15(18(23)19(21)24)17(22)14-7-3-10-26-14/h2-3,5-7,10-11,16,23H,4,8-9H2,1H3/t16-/m1/s1. The Kier molecular flexibility index (Phi) is 5.76. The van der Waals surface area contributed by atoms with Crippen molar-refractivity contribution in [2.75, 3.05) is 20.3 Å². The van der Waals surface area contributed by atoms with Crippen molar-refractivity contribution in [2.45, 2.75) is 12.5 Å². The Balaban J connectivity index is 2.04. The van der Waals surface area contributed by atoms with Gasteiger partial charge < -0.3 is 14.7 Å². The maximum atomic E-state index is 13.0. The van der Waals surface area contributed by atoms with E-state index >= 15 is 0 Å². The Labute approximate surface area is 160 Å². The van der Waals surface area contributed by atoms with E-state index in [4.69, 9.17) is 16.3 Å². The van der Waals surface area contributed by atoms with Gasteiger partial charge in [0.2, 0.25) is 5.78 Å². The van der Waals surface area contributed by atoms with Crippen molar-refractivity contribution in [3.8, 4) is 0 Å². The van der Waals surface area contributed by atoms with Crippen LogP contribution in [0.1, 0.15) is 27.7 Å². The molecule has 1 amide bonds. The minimum atomic E-state index is -0.673. The molecule has 0 saturated heterocycles. The molecule has 0 fully saturated rings. The number of ketones is 1. The van der Waals surface area contributed by atoms with Crippen LogP contribution in [-0.4, -0.2) is 42.0 Å². The summed E-state index contributed by atoms with van der Waals surface area (Å²) in [6, 6.07) is 9.76. The Hall–Kier alpha value is -2.15. The Morgan fingerprint density at radius 1 is 1.35 bits per heavy atom. The molecule has 0 saturated carbocycles. The van der Waals surface area contributed by atoms with E-state index in [1.54, 1.807) is 48.9 Å². The summed E-state index contributed by atoms with van der Waals surface area (Å²) < 4.78 is 5.06. The van der Waals surface area contributed by atoms with Crippen molar-refractivity contribution in [1.82, 2.24) is 4.90 Å². The molecule has 1 aromatic carbocycles. The molecule has 0 bridgehead atoms. The highest BCUT2D eigenvalue weighted by Gasteiger charge is 2.43. The van der Waals surface area contributed by atoms with Crippen LogP contribution in [0, 0.1) is 0 Å². The van der Waals surface area contributed by atoms with Gasteiger partial charge >= 0.3 is 0 Å². The molecule has 26 heavy (non-hydrogen) atoms. The van der Waals surface area contributed by atoms with Crippen LogP contribution >= 0.6 is 22.9 Å². The number of ether oxygens (including phenoxy) is 1. The summed E-state index contributed by atoms with van der Waals surface area (Å²) in [4.78, 5) is 27.6. The molecule has 1 aliphatic heterocycles. The van der Waals surface area contributed by atoms with Crippen LogP contribution in [0.5, 0.6) is 0 Å². The zero-order valence-corrected chi connectivity index (χ0v) is 15.7. The molecule has 2 heterocycles. The molecule has 3 rings (SSSR count). The van der Waals surface area contributed by atoms with Crippen molar-refractivity contribution >= 4 is 34.6 Å². The zero-order valence-electron chi connectivity index (χ0n) is 14.1. The van der Waals surface area contributed by atoms with Crippen molar-refractivity contribution in [3.05, 3.63) is 68.6 Å². The van der Waals surface area contributed by atoms with Gasteiger partial charge in [-0.25, -0.2) is 0 Å². The molecule has 5 nitrogen and oxygen atoms in total. The summed E-state index contributed by atoms with van der Waals surface area (Å²) in [5, 5.41) is 12.7. The third kappa shape index (κ3) is 3.53. The van der Waals surface area contributed by atoms with Crippen LogP contribution in [-0.2, 0) is 9.53 Å². The van der Waals surface area contributed by atoms with E-state index in [1.165, 1.54) is 16.2 Å². The SMILES string of the molecule is COCCCN1C(=O)C(O)=C(C(=O)c2cccs2)[C@H]1c1cccc(Cl)c1. The molecular formula is C19H18ClNO4S. The summed E-state index contributed by atoms with van der Waals surface area (Å²) in [5.74, 6) is -1.39. The summed E-state index contributed by atoms with van der Waals surface area (Å²) in [7, 11) is 1.59. The monoisotopic (exact) mass is 391 g/mol. The predicted octanol–water partition coefficient (Wildman–Crippen LogP) is 4.02. The highest BCUT2D eigenvalue weighted by atomic mass is 35.5. The number of hydrogen-bond donors (Lipinski definition) is 1. The lowest BCUT2D eigenvalue weighted by Crippen LogP contribution is -2.32. The quantitative estimate of drug-likeness (QED) is 0.572. The van der Waals surface area contributed by atoms with Gasteiger partial charge in [-0.15, -0.1) is 11.3 Å². The van der Waals surface area contributed by atoms with Gasteiger partial charge in [-0.05, 0) is 35.6 Å². The number of amides is 1. The zero-order chi connectivity index (χ0) is 18.7. The smallest absolute Gasteiger partial charge is 0.290 e. The summed E-state index contributed by atoms with van der Waals surface area (Å²) in [5.41, 5.74) is 0.782. The van der Waals surface area contributed by atoms with E-state index in [1.807, 2.05) is 0 Å². The number of aliphatic hydroxyl groups excluding tert-OH is 1. The molecule has 1 N–H and O–H groups in total. The van der Waals surface area contributed by atoms with Crippen LogP contribution in [0.15, 0.2) is 53.1 Å². The predicted molar refractivity (Wildman–Crippen MR) is 101 cm³/mol. The number of rotatable bonds is 7. The molecule has 136 valence electrons. The maximum Gasteiger partial charge on any atom is 0.290 e. The van der Waals surface area contributed by atoms with Gasteiger partial charge in [-0.2, -0.15) is 0 Å². The first-order valence-electron chi connectivity index (χ1n) is 8.11. The highest BCUT2D eigenvalue weighted by Crippen LogP contribution is 2.40. The lowest BCUT2D eigenvalue weighted by atomic mass is 9.95. The molecule has 1 aliphatic rings. The number of aliphatic hydroxyl groups is 1. The number of Topliss-reactive ketones (excluding diaryl/α,β-unsaturated/α-hetero) is 1. The minimum Gasteiger partial charge on any atom is -0.503 e. The number of halogens is 1. The molecule has 7 heteroatoms. The molecule has 0 spiro atoms. The molecule has 0 aliphatic carbocycles. The normalized spacial score (nSPS) is 17.2. The third-order valence-corrected chi connectivity index (χ3v) is 5.31. The van der Waals surface area contributed by atoms with E-state index in [-0.39, 0.29) is 11.4 Å². The number of hydrogen-bond acceptors (Lipinski definition) is 5. The van der Waals surface area contributed by atoms with E-state index in [0.29, 0.717) is 35.0 Å². The fourth-order valence-electron chi connectivity index (χ4n) is 3.06. The fourth-order valence-corrected chi connectivity index (χ4v) is 3.94. The van der Waals surface area contributed by atoms with E-state index in [0.717, 1.165) is 0 Å². The Bertz CT molecular complexity index is 847. The molecule has 1 aromatic heterocycles. The first-order valence-corrected chi connectivity index (χ1v) is 9.37. The number of methoxy groups -OCH3 is 1. The third-order valence-electron chi connectivity index (χ3n) is 4.21. The Morgan fingerprint density at radius 2 is 2.15 bits per heavy atom. The average Bonchev–Trinajstić information content (AvgIpc) is 3.24. The van der Waals surface area contributed by atoms with Gasteiger partial charge in [0, 0.05) is 25.3 Å². The largest absolute Gasteiger partial charge is 0.503 e. The van der Waals surface area contributed by atoms with Crippen LogP contribution in [0.2, 0.25) is 5.02 Å². The van der Waals surface area contributed by atoms with Crippen LogP contribution < -0.4 is 0 Å². The van der Waals surface area contributed by atoms with Crippen molar-refractivity contribution in [3.63, 3.8) is 0 Å². The van der Waals surface area contributed by atoms with Crippen molar-refractivity contribution < 1.29 is 19.4 Å². The Morgan fingerprint density at radius 3 is 2.81 bits per heavy atom. The van der Waals surface area contributed by atoms with Crippen LogP contribution in [0.4, 0.5) is 0 Å². The highest BCUT2D eigenvalue weighted by molar-refractivity contribution is 7.12. The fraction of sp³-hybridized carbons (Fsp3) is 0.263. The lowest BCUT2D eigenvalue weighted by Gasteiger charge is -2.26. The first kappa shape index (κ1) is 18.6. The van der Waals surface area contributed by atoms with E-state index < -0.39 is 17.7 Å². The first-order chi connectivity index (χ1) is 12.5. The van der Waals surface area contributed by atoms with Crippen molar-refractivity contribution in [1.29, 1.82) is 0 Å².